The average molecular weight is 346 g/mol. The maximum atomic E-state index is 4.85. The number of aliphatic imine (C=N–C) groups is 1. The Morgan fingerprint density at radius 2 is 2.00 bits per heavy atom. The van der Waals surface area contributed by atoms with Gasteiger partial charge in [-0.3, -0.25) is 4.99 Å². The number of benzene rings is 1. The molecule has 0 aliphatic carbocycles. The molecule has 0 saturated carbocycles. The lowest BCUT2D eigenvalue weighted by Crippen LogP contribution is -2.45. The van der Waals surface area contributed by atoms with Gasteiger partial charge in [0.15, 0.2) is 5.96 Å². The number of hydrogen-bond donors (Lipinski definition) is 2. The molecule has 5 heteroatoms. The van der Waals surface area contributed by atoms with Crippen LogP contribution in [-0.2, 0) is 0 Å². The number of nitrogens with one attached hydrogen (secondary N) is 2. The minimum absolute atomic E-state index is 0.164. The van der Waals surface area contributed by atoms with Gasteiger partial charge in [0.2, 0.25) is 0 Å². The molecule has 1 aliphatic rings. The molecule has 1 unspecified atom stereocenters. The van der Waals surface area contributed by atoms with Crippen LogP contribution in [0.4, 0.5) is 5.69 Å². The molecule has 1 atom stereocenters. The Bertz CT molecular complexity index is 538. The predicted octanol–water partition coefficient (Wildman–Crippen LogP) is 2.41. The van der Waals surface area contributed by atoms with Gasteiger partial charge in [-0.05, 0) is 45.0 Å². The Morgan fingerprint density at radius 1 is 1.28 bits per heavy atom. The molecule has 25 heavy (non-hydrogen) atoms. The van der Waals surface area contributed by atoms with Crippen molar-refractivity contribution in [2.75, 3.05) is 51.7 Å². The van der Waals surface area contributed by atoms with E-state index in [1.54, 1.807) is 0 Å². The Morgan fingerprint density at radius 3 is 2.64 bits per heavy atom. The van der Waals surface area contributed by atoms with Crippen LogP contribution in [0.3, 0.4) is 0 Å². The monoisotopic (exact) mass is 345 g/mol. The fraction of sp³-hybridized carbons (Fsp3) is 0.650. The molecule has 0 aromatic heterocycles. The molecule has 2 rings (SSSR count). The SMILES string of the molecule is CCNC(=NCC(C)(C)CN(C)C)NC1CCN(c2ccccc2)C1. The fourth-order valence-corrected chi connectivity index (χ4v) is 3.46. The number of para-hydroxylation sites is 1. The zero-order valence-corrected chi connectivity index (χ0v) is 16.5. The summed E-state index contributed by atoms with van der Waals surface area (Å²) in [6.07, 6.45) is 1.14. The van der Waals surface area contributed by atoms with E-state index in [1.165, 1.54) is 5.69 Å². The van der Waals surface area contributed by atoms with Crippen LogP contribution in [0.5, 0.6) is 0 Å². The first kappa shape index (κ1) is 19.6. The highest BCUT2D eigenvalue weighted by Crippen LogP contribution is 2.20. The Labute approximate surface area is 153 Å². The van der Waals surface area contributed by atoms with Gasteiger partial charge in [0, 0.05) is 44.5 Å². The van der Waals surface area contributed by atoms with E-state index in [-0.39, 0.29) is 5.41 Å². The lowest BCUT2D eigenvalue weighted by molar-refractivity contribution is 0.248. The third-order valence-corrected chi connectivity index (χ3v) is 4.40. The molecule has 0 amide bonds. The van der Waals surface area contributed by atoms with Crippen molar-refractivity contribution in [3.05, 3.63) is 30.3 Å². The summed E-state index contributed by atoms with van der Waals surface area (Å²) in [6.45, 7) is 11.5. The van der Waals surface area contributed by atoms with E-state index in [0.717, 1.165) is 45.1 Å². The fourth-order valence-electron chi connectivity index (χ4n) is 3.46. The van der Waals surface area contributed by atoms with Crippen molar-refractivity contribution in [2.45, 2.75) is 33.2 Å². The van der Waals surface area contributed by atoms with Gasteiger partial charge in [0.05, 0.1) is 0 Å². The van der Waals surface area contributed by atoms with Gasteiger partial charge in [-0.15, -0.1) is 0 Å². The number of guanidine groups is 1. The molecule has 1 saturated heterocycles. The van der Waals surface area contributed by atoms with Gasteiger partial charge in [-0.2, -0.15) is 0 Å². The zero-order valence-electron chi connectivity index (χ0n) is 16.5. The van der Waals surface area contributed by atoms with E-state index in [4.69, 9.17) is 4.99 Å². The number of anilines is 1. The van der Waals surface area contributed by atoms with Crippen LogP contribution < -0.4 is 15.5 Å². The number of nitrogens with zero attached hydrogens (tertiary/aromatic N) is 3. The summed E-state index contributed by atoms with van der Waals surface area (Å²) in [5, 5.41) is 7.02. The van der Waals surface area contributed by atoms with Crippen molar-refractivity contribution in [3.8, 4) is 0 Å². The van der Waals surface area contributed by atoms with Crippen molar-refractivity contribution in [3.63, 3.8) is 0 Å². The molecule has 0 radical (unpaired) electrons. The van der Waals surface area contributed by atoms with Gasteiger partial charge in [0.1, 0.15) is 0 Å². The molecule has 1 fully saturated rings. The standard InChI is InChI=1S/C20H35N5/c1-6-21-19(22-15-20(2,3)16-24(4)5)23-17-12-13-25(14-17)18-10-8-7-9-11-18/h7-11,17H,6,12-16H2,1-5H3,(H2,21,22,23). The van der Waals surface area contributed by atoms with Crippen LogP contribution in [-0.4, -0.2) is 63.7 Å². The van der Waals surface area contributed by atoms with E-state index in [2.05, 4.69) is 85.6 Å². The van der Waals surface area contributed by atoms with Crippen molar-refractivity contribution in [1.29, 1.82) is 0 Å². The van der Waals surface area contributed by atoms with E-state index in [1.807, 2.05) is 0 Å². The lowest BCUT2D eigenvalue weighted by atomic mass is 9.93. The largest absolute Gasteiger partial charge is 0.369 e. The lowest BCUT2D eigenvalue weighted by Gasteiger charge is -2.27. The van der Waals surface area contributed by atoms with Gasteiger partial charge < -0.3 is 20.4 Å². The van der Waals surface area contributed by atoms with Crippen molar-refractivity contribution < 1.29 is 0 Å². The minimum atomic E-state index is 0.164. The van der Waals surface area contributed by atoms with Crippen LogP contribution >= 0.6 is 0 Å². The van der Waals surface area contributed by atoms with Gasteiger partial charge in [-0.25, -0.2) is 0 Å². The van der Waals surface area contributed by atoms with Gasteiger partial charge in [-0.1, -0.05) is 32.0 Å². The maximum Gasteiger partial charge on any atom is 0.191 e. The van der Waals surface area contributed by atoms with E-state index in [0.29, 0.717) is 6.04 Å². The summed E-state index contributed by atoms with van der Waals surface area (Å²) < 4.78 is 0. The van der Waals surface area contributed by atoms with Gasteiger partial charge >= 0.3 is 0 Å². The Hall–Kier alpha value is -1.75. The van der Waals surface area contributed by atoms with E-state index in [9.17, 15) is 0 Å². The summed E-state index contributed by atoms with van der Waals surface area (Å²) in [5.41, 5.74) is 1.47. The maximum absolute atomic E-state index is 4.85. The molecule has 0 spiro atoms. The Balaban J connectivity index is 1.92. The summed E-state index contributed by atoms with van der Waals surface area (Å²) in [5.74, 6) is 0.939. The van der Waals surface area contributed by atoms with E-state index >= 15 is 0 Å². The highest BCUT2D eigenvalue weighted by molar-refractivity contribution is 5.80. The smallest absolute Gasteiger partial charge is 0.191 e. The topological polar surface area (TPSA) is 42.9 Å². The summed E-state index contributed by atoms with van der Waals surface area (Å²) in [7, 11) is 4.23. The summed E-state index contributed by atoms with van der Waals surface area (Å²) in [6, 6.07) is 11.1. The molecule has 140 valence electrons. The van der Waals surface area contributed by atoms with Crippen molar-refractivity contribution >= 4 is 11.6 Å². The average Bonchev–Trinajstić information content (AvgIpc) is 3.01. The highest BCUT2D eigenvalue weighted by Gasteiger charge is 2.24. The first-order chi connectivity index (χ1) is 11.9. The normalized spacial score (nSPS) is 18.7. The molecule has 0 bridgehead atoms. The second-order valence-electron chi connectivity index (χ2n) is 8.01. The van der Waals surface area contributed by atoms with Crippen molar-refractivity contribution in [2.24, 2.45) is 10.4 Å². The van der Waals surface area contributed by atoms with Crippen molar-refractivity contribution in [1.82, 2.24) is 15.5 Å². The summed E-state index contributed by atoms with van der Waals surface area (Å²) in [4.78, 5) is 9.52. The molecular formula is C20H35N5. The first-order valence-electron chi connectivity index (χ1n) is 9.39. The molecular weight excluding hydrogens is 310 g/mol. The zero-order chi connectivity index (χ0) is 18.3. The minimum Gasteiger partial charge on any atom is -0.369 e. The first-order valence-corrected chi connectivity index (χ1v) is 9.39. The molecule has 1 aromatic rings. The molecule has 2 N–H and O–H groups in total. The molecule has 5 nitrogen and oxygen atoms in total. The molecule has 1 heterocycles. The highest BCUT2D eigenvalue weighted by atomic mass is 15.2. The number of rotatable bonds is 7. The third kappa shape index (κ3) is 6.58. The van der Waals surface area contributed by atoms with Crippen LogP contribution in [0.1, 0.15) is 27.2 Å². The van der Waals surface area contributed by atoms with E-state index < -0.39 is 0 Å². The van der Waals surface area contributed by atoms with Crippen LogP contribution in [0, 0.1) is 5.41 Å². The predicted molar refractivity (Wildman–Crippen MR) is 109 cm³/mol. The molecule has 1 aliphatic heterocycles. The van der Waals surface area contributed by atoms with Crippen LogP contribution in [0.25, 0.3) is 0 Å². The number of hydrogen-bond acceptors (Lipinski definition) is 3. The van der Waals surface area contributed by atoms with Gasteiger partial charge in [0.25, 0.3) is 0 Å². The third-order valence-electron chi connectivity index (χ3n) is 4.40. The molecule has 1 aromatic carbocycles. The quantitative estimate of drug-likeness (QED) is 0.588. The second kappa shape index (κ2) is 9.09. The second-order valence-corrected chi connectivity index (χ2v) is 8.01. The van der Waals surface area contributed by atoms with Crippen LogP contribution in [0.2, 0.25) is 0 Å². The van der Waals surface area contributed by atoms with Crippen LogP contribution in [0.15, 0.2) is 35.3 Å². The summed E-state index contributed by atoms with van der Waals surface area (Å²) >= 11 is 0. The Kier molecular flexibility index (Phi) is 7.12.